The van der Waals surface area contributed by atoms with Crippen LogP contribution in [0.25, 0.3) is 0 Å². The number of rotatable bonds is 1. The highest BCUT2D eigenvalue weighted by molar-refractivity contribution is 6.32. The number of esters is 2. The number of nitrogens with two attached hydrogens (primary N) is 1. The van der Waals surface area contributed by atoms with Crippen LogP contribution in [0.3, 0.4) is 0 Å². The van der Waals surface area contributed by atoms with Crippen LogP contribution < -0.4 is 5.73 Å². The van der Waals surface area contributed by atoms with Crippen LogP contribution in [0.1, 0.15) is 15.9 Å². The van der Waals surface area contributed by atoms with E-state index in [1.807, 2.05) is 0 Å². The maximum absolute atomic E-state index is 11.4. The van der Waals surface area contributed by atoms with Crippen molar-refractivity contribution >= 4 is 29.2 Å². The fraction of sp³-hybridized carbons (Fsp3) is 0.167. The van der Waals surface area contributed by atoms with Crippen molar-refractivity contribution in [3.05, 3.63) is 28.3 Å². The van der Waals surface area contributed by atoms with Gasteiger partial charge in [0, 0.05) is 17.2 Å². The average molecular weight is 268 g/mol. The summed E-state index contributed by atoms with van der Waals surface area (Å²) in [4.78, 5) is 22.3. The van der Waals surface area contributed by atoms with E-state index >= 15 is 0 Å². The third-order valence-electron chi connectivity index (χ3n) is 2.03. The van der Waals surface area contributed by atoms with E-state index in [1.165, 1.54) is 26.4 Å². The SMILES string of the molecule is COC(=O)C#Cc1cc(C(=O)OC)c(N)cc1Cl. The van der Waals surface area contributed by atoms with Gasteiger partial charge in [-0.3, -0.25) is 0 Å². The van der Waals surface area contributed by atoms with Crippen molar-refractivity contribution < 1.29 is 19.1 Å². The lowest BCUT2D eigenvalue weighted by atomic mass is 10.1. The van der Waals surface area contributed by atoms with Crippen LogP contribution in [0.5, 0.6) is 0 Å². The molecule has 0 bridgehead atoms. The Morgan fingerprint density at radius 2 is 1.94 bits per heavy atom. The Kier molecular flexibility index (Phi) is 4.58. The molecule has 1 aromatic rings. The van der Waals surface area contributed by atoms with E-state index in [2.05, 4.69) is 21.3 Å². The summed E-state index contributed by atoms with van der Waals surface area (Å²) in [6, 6.07) is 2.73. The zero-order chi connectivity index (χ0) is 13.7. The van der Waals surface area contributed by atoms with Crippen LogP contribution in [0.15, 0.2) is 12.1 Å². The molecule has 1 rings (SSSR count). The Labute approximate surface area is 109 Å². The molecule has 0 unspecified atom stereocenters. The summed E-state index contributed by atoms with van der Waals surface area (Å²) >= 11 is 5.89. The maximum atomic E-state index is 11.4. The highest BCUT2D eigenvalue weighted by Gasteiger charge is 2.12. The van der Waals surface area contributed by atoms with E-state index in [-0.39, 0.29) is 21.8 Å². The van der Waals surface area contributed by atoms with Crippen molar-refractivity contribution in [1.29, 1.82) is 0 Å². The molecule has 0 heterocycles. The molecule has 0 radical (unpaired) electrons. The van der Waals surface area contributed by atoms with Crippen molar-refractivity contribution in [1.82, 2.24) is 0 Å². The zero-order valence-corrected chi connectivity index (χ0v) is 10.5. The van der Waals surface area contributed by atoms with Gasteiger partial charge >= 0.3 is 11.9 Å². The van der Waals surface area contributed by atoms with Gasteiger partial charge in [-0.25, -0.2) is 9.59 Å². The van der Waals surface area contributed by atoms with Crippen LogP contribution in [0.4, 0.5) is 5.69 Å². The number of hydrogen-bond acceptors (Lipinski definition) is 5. The summed E-state index contributed by atoms with van der Waals surface area (Å²) in [6.45, 7) is 0. The molecule has 6 heteroatoms. The van der Waals surface area contributed by atoms with Gasteiger partial charge in [0.1, 0.15) is 0 Å². The Morgan fingerprint density at radius 3 is 2.50 bits per heavy atom. The topological polar surface area (TPSA) is 78.6 Å². The molecule has 0 fully saturated rings. The summed E-state index contributed by atoms with van der Waals surface area (Å²) in [5.41, 5.74) is 6.22. The number of anilines is 1. The van der Waals surface area contributed by atoms with Crippen molar-refractivity contribution in [3.63, 3.8) is 0 Å². The first-order chi connectivity index (χ1) is 8.49. The molecule has 0 aliphatic rings. The second-order valence-corrected chi connectivity index (χ2v) is 3.56. The van der Waals surface area contributed by atoms with Gasteiger partial charge in [0.2, 0.25) is 0 Å². The third-order valence-corrected chi connectivity index (χ3v) is 2.34. The summed E-state index contributed by atoms with van der Waals surface area (Å²) in [5.74, 6) is 3.38. The van der Waals surface area contributed by atoms with E-state index in [9.17, 15) is 9.59 Å². The van der Waals surface area contributed by atoms with Crippen LogP contribution >= 0.6 is 11.6 Å². The first kappa shape index (κ1) is 13.9. The van der Waals surface area contributed by atoms with Gasteiger partial charge in [0.05, 0.1) is 24.8 Å². The number of methoxy groups -OCH3 is 2. The average Bonchev–Trinajstić information content (AvgIpc) is 2.36. The zero-order valence-electron chi connectivity index (χ0n) is 9.74. The molecule has 0 aliphatic carbocycles. The monoisotopic (exact) mass is 267 g/mol. The molecule has 0 atom stereocenters. The van der Waals surface area contributed by atoms with Gasteiger partial charge in [-0.15, -0.1) is 0 Å². The molecule has 0 aliphatic heterocycles. The van der Waals surface area contributed by atoms with Crippen molar-refractivity contribution in [2.24, 2.45) is 0 Å². The van der Waals surface area contributed by atoms with Crippen molar-refractivity contribution in [2.75, 3.05) is 20.0 Å². The highest BCUT2D eigenvalue weighted by atomic mass is 35.5. The van der Waals surface area contributed by atoms with E-state index in [1.54, 1.807) is 0 Å². The van der Waals surface area contributed by atoms with Crippen LogP contribution in [-0.4, -0.2) is 26.2 Å². The van der Waals surface area contributed by atoms with Crippen molar-refractivity contribution in [3.8, 4) is 11.8 Å². The Bertz CT molecular complexity index is 557. The minimum absolute atomic E-state index is 0.135. The number of benzene rings is 1. The molecule has 0 saturated carbocycles. The predicted octanol–water partition coefficient (Wildman–Crippen LogP) is 1.23. The van der Waals surface area contributed by atoms with Crippen molar-refractivity contribution in [2.45, 2.75) is 0 Å². The lowest BCUT2D eigenvalue weighted by Gasteiger charge is -2.05. The minimum atomic E-state index is -0.706. The van der Waals surface area contributed by atoms with Crippen LogP contribution in [0.2, 0.25) is 5.02 Å². The smallest absolute Gasteiger partial charge is 0.384 e. The normalized spacial score (nSPS) is 9.06. The lowest BCUT2D eigenvalue weighted by Crippen LogP contribution is -2.06. The van der Waals surface area contributed by atoms with Gasteiger partial charge in [0.15, 0.2) is 0 Å². The van der Waals surface area contributed by atoms with E-state index in [4.69, 9.17) is 17.3 Å². The summed E-state index contributed by atoms with van der Waals surface area (Å²) < 4.78 is 8.92. The standard InChI is InChI=1S/C12H10ClNO4/c1-17-11(15)4-3-7-5-8(12(16)18-2)10(14)6-9(7)13/h5-6H,14H2,1-2H3. The second-order valence-electron chi connectivity index (χ2n) is 3.15. The fourth-order valence-electron chi connectivity index (χ4n) is 1.14. The number of carbonyl (C=O) groups excluding carboxylic acids is 2. The molecule has 0 saturated heterocycles. The Morgan fingerprint density at radius 1 is 1.28 bits per heavy atom. The second kappa shape index (κ2) is 5.94. The molecule has 2 N–H and O–H groups in total. The van der Waals surface area contributed by atoms with Gasteiger partial charge < -0.3 is 15.2 Å². The van der Waals surface area contributed by atoms with Gasteiger partial charge in [-0.05, 0) is 12.1 Å². The molecule has 0 spiro atoms. The molecule has 5 nitrogen and oxygen atoms in total. The van der Waals surface area contributed by atoms with Gasteiger partial charge in [-0.1, -0.05) is 17.5 Å². The van der Waals surface area contributed by atoms with Crippen LogP contribution in [0, 0.1) is 11.8 Å². The minimum Gasteiger partial charge on any atom is -0.465 e. The summed E-state index contributed by atoms with van der Waals surface area (Å²) in [7, 11) is 2.44. The van der Waals surface area contributed by atoms with Gasteiger partial charge in [-0.2, -0.15) is 0 Å². The lowest BCUT2D eigenvalue weighted by molar-refractivity contribution is -0.133. The van der Waals surface area contributed by atoms with E-state index in [0.29, 0.717) is 0 Å². The molecule has 0 aromatic heterocycles. The number of ether oxygens (including phenoxy) is 2. The number of halogens is 1. The van der Waals surface area contributed by atoms with E-state index < -0.39 is 11.9 Å². The number of carbonyl (C=O) groups is 2. The largest absolute Gasteiger partial charge is 0.465 e. The molecule has 94 valence electrons. The molecular formula is C12H10ClNO4. The Balaban J connectivity index is 3.24. The quantitative estimate of drug-likeness (QED) is 0.470. The molecular weight excluding hydrogens is 258 g/mol. The maximum Gasteiger partial charge on any atom is 0.384 e. The van der Waals surface area contributed by atoms with E-state index in [0.717, 1.165) is 0 Å². The Hall–Kier alpha value is -2.19. The first-order valence-corrected chi connectivity index (χ1v) is 5.14. The number of hydrogen-bond donors (Lipinski definition) is 1. The highest BCUT2D eigenvalue weighted by Crippen LogP contribution is 2.23. The number of nitrogen functional groups attached to an aromatic ring is 1. The first-order valence-electron chi connectivity index (χ1n) is 4.77. The summed E-state index contributed by atoms with van der Waals surface area (Å²) in [5, 5.41) is 0.233. The summed E-state index contributed by atoms with van der Waals surface area (Å²) in [6.07, 6.45) is 0. The molecule has 0 amide bonds. The predicted molar refractivity (Wildman–Crippen MR) is 66.1 cm³/mol. The fourth-order valence-corrected chi connectivity index (χ4v) is 1.36. The molecule has 18 heavy (non-hydrogen) atoms. The van der Waals surface area contributed by atoms with Crippen LogP contribution in [-0.2, 0) is 14.3 Å². The molecule has 1 aromatic carbocycles. The van der Waals surface area contributed by atoms with Gasteiger partial charge in [0.25, 0.3) is 0 Å². The third kappa shape index (κ3) is 3.15.